The Morgan fingerprint density at radius 3 is 2.53 bits per heavy atom. The highest BCUT2D eigenvalue weighted by molar-refractivity contribution is 5.75. The minimum atomic E-state index is 0.108. The molecular weight excluding hydrogens is 244 g/mol. The van der Waals surface area contributed by atoms with Crippen LogP contribution in [0, 0.1) is 0 Å². The molecule has 0 saturated carbocycles. The van der Waals surface area contributed by atoms with Gasteiger partial charge in [-0.25, -0.2) is 0 Å². The van der Waals surface area contributed by atoms with Gasteiger partial charge in [0, 0.05) is 33.1 Å². The number of methoxy groups -OCH3 is 1. The van der Waals surface area contributed by atoms with Crippen LogP contribution in [0.25, 0.3) is 0 Å². The topological polar surface area (TPSA) is 64.8 Å². The van der Waals surface area contributed by atoms with Crippen molar-refractivity contribution in [2.45, 2.75) is 19.4 Å². The second-order valence-electron chi connectivity index (χ2n) is 4.46. The molecule has 1 rings (SSSR count). The van der Waals surface area contributed by atoms with Gasteiger partial charge >= 0.3 is 0 Å². The second-order valence-corrected chi connectivity index (χ2v) is 4.46. The maximum Gasteiger partial charge on any atom is 0.222 e. The van der Waals surface area contributed by atoms with Crippen molar-refractivity contribution >= 4 is 5.91 Å². The summed E-state index contributed by atoms with van der Waals surface area (Å²) in [5, 5.41) is 0. The van der Waals surface area contributed by atoms with E-state index in [0.29, 0.717) is 26.0 Å². The summed E-state index contributed by atoms with van der Waals surface area (Å²) in [6.07, 6.45) is 1.17. The molecule has 0 aliphatic heterocycles. The van der Waals surface area contributed by atoms with Gasteiger partial charge in [-0.3, -0.25) is 4.79 Å². The molecule has 0 aromatic heterocycles. The highest BCUT2D eigenvalue weighted by Crippen LogP contribution is 2.22. The number of carbonyl (C=O) groups is 1. The van der Waals surface area contributed by atoms with Crippen LogP contribution in [0.1, 0.15) is 18.4 Å². The first-order valence-corrected chi connectivity index (χ1v) is 6.27. The van der Waals surface area contributed by atoms with Crippen LogP contribution in [-0.4, -0.2) is 38.6 Å². The summed E-state index contributed by atoms with van der Waals surface area (Å²) in [6.45, 7) is 0.934. The molecule has 0 aliphatic carbocycles. The monoisotopic (exact) mass is 266 g/mol. The lowest BCUT2D eigenvalue weighted by Crippen LogP contribution is -2.21. The third kappa shape index (κ3) is 5.18. The maximum atomic E-state index is 11.4. The van der Waals surface area contributed by atoms with Gasteiger partial charge in [-0.2, -0.15) is 0 Å². The van der Waals surface area contributed by atoms with Gasteiger partial charge in [-0.15, -0.1) is 0 Å². The molecule has 0 spiro atoms. The number of amides is 1. The van der Waals surface area contributed by atoms with E-state index in [1.165, 1.54) is 0 Å². The molecule has 1 aromatic rings. The molecule has 0 atom stereocenters. The van der Waals surface area contributed by atoms with Crippen molar-refractivity contribution in [1.82, 2.24) is 4.90 Å². The van der Waals surface area contributed by atoms with Crippen molar-refractivity contribution in [1.29, 1.82) is 0 Å². The number of ether oxygens (including phenoxy) is 2. The molecule has 2 N–H and O–H groups in total. The van der Waals surface area contributed by atoms with Crippen LogP contribution in [0.4, 0.5) is 0 Å². The highest BCUT2D eigenvalue weighted by Gasteiger charge is 2.05. The Bertz CT molecular complexity index is 397. The number of nitrogens with two attached hydrogens (primary N) is 1. The smallest absolute Gasteiger partial charge is 0.222 e. The Morgan fingerprint density at radius 2 is 1.95 bits per heavy atom. The van der Waals surface area contributed by atoms with Crippen molar-refractivity contribution in [3.05, 3.63) is 23.8 Å². The fourth-order valence-corrected chi connectivity index (χ4v) is 1.59. The summed E-state index contributed by atoms with van der Waals surface area (Å²) in [6, 6.07) is 5.58. The second kappa shape index (κ2) is 7.63. The van der Waals surface area contributed by atoms with Gasteiger partial charge in [0.1, 0.15) is 11.5 Å². The average molecular weight is 266 g/mol. The fraction of sp³-hybridized carbons (Fsp3) is 0.500. The van der Waals surface area contributed by atoms with Crippen LogP contribution in [0.2, 0.25) is 0 Å². The third-order valence-electron chi connectivity index (χ3n) is 2.71. The highest BCUT2D eigenvalue weighted by atomic mass is 16.5. The molecule has 0 saturated heterocycles. The summed E-state index contributed by atoms with van der Waals surface area (Å²) in [5.41, 5.74) is 6.57. The van der Waals surface area contributed by atoms with E-state index in [4.69, 9.17) is 15.2 Å². The minimum Gasteiger partial charge on any atom is -0.497 e. The predicted octanol–water partition coefficient (Wildman–Crippen LogP) is 1.40. The van der Waals surface area contributed by atoms with Crippen molar-refractivity contribution in [3.8, 4) is 11.5 Å². The molecule has 1 amide bonds. The maximum absolute atomic E-state index is 11.4. The molecule has 5 nitrogen and oxygen atoms in total. The molecular formula is C14H22N2O3. The molecule has 0 radical (unpaired) electrons. The molecule has 0 unspecified atom stereocenters. The number of hydrogen-bond acceptors (Lipinski definition) is 4. The Kier molecular flexibility index (Phi) is 6.15. The summed E-state index contributed by atoms with van der Waals surface area (Å²) in [7, 11) is 5.10. The summed E-state index contributed by atoms with van der Waals surface area (Å²) >= 11 is 0. The van der Waals surface area contributed by atoms with Crippen molar-refractivity contribution < 1.29 is 14.3 Å². The Hall–Kier alpha value is -1.75. The molecule has 106 valence electrons. The number of hydrogen-bond donors (Lipinski definition) is 1. The van der Waals surface area contributed by atoms with E-state index in [1.807, 2.05) is 18.2 Å². The summed E-state index contributed by atoms with van der Waals surface area (Å²) in [5.74, 6) is 1.55. The molecule has 5 heteroatoms. The van der Waals surface area contributed by atoms with Crippen LogP contribution in [0.3, 0.4) is 0 Å². The lowest BCUT2D eigenvalue weighted by atomic mass is 10.2. The van der Waals surface area contributed by atoms with Gasteiger partial charge < -0.3 is 20.1 Å². The van der Waals surface area contributed by atoms with Gasteiger partial charge in [0.25, 0.3) is 0 Å². The Labute approximate surface area is 114 Å². The zero-order valence-electron chi connectivity index (χ0n) is 11.8. The van der Waals surface area contributed by atoms with Gasteiger partial charge in [0.15, 0.2) is 0 Å². The normalized spacial score (nSPS) is 10.1. The van der Waals surface area contributed by atoms with Crippen LogP contribution < -0.4 is 15.2 Å². The predicted molar refractivity (Wildman–Crippen MR) is 74.3 cm³/mol. The van der Waals surface area contributed by atoms with Crippen LogP contribution in [0.5, 0.6) is 11.5 Å². The van der Waals surface area contributed by atoms with Gasteiger partial charge in [-0.1, -0.05) is 0 Å². The minimum absolute atomic E-state index is 0.108. The molecule has 0 fully saturated rings. The van der Waals surface area contributed by atoms with E-state index >= 15 is 0 Å². The molecule has 1 aromatic carbocycles. The van der Waals surface area contributed by atoms with Crippen molar-refractivity contribution in [2.24, 2.45) is 5.73 Å². The quantitative estimate of drug-likeness (QED) is 0.758. The SMILES string of the molecule is COc1cc(CN)cc(OCCCC(=O)N(C)C)c1. The van der Waals surface area contributed by atoms with Crippen LogP contribution in [-0.2, 0) is 11.3 Å². The van der Waals surface area contributed by atoms with Crippen molar-refractivity contribution in [2.75, 3.05) is 27.8 Å². The lowest BCUT2D eigenvalue weighted by molar-refractivity contribution is -0.128. The Morgan fingerprint density at radius 1 is 1.26 bits per heavy atom. The van der Waals surface area contributed by atoms with Crippen LogP contribution in [0.15, 0.2) is 18.2 Å². The van der Waals surface area contributed by atoms with Gasteiger partial charge in [-0.05, 0) is 24.1 Å². The zero-order valence-corrected chi connectivity index (χ0v) is 11.8. The molecule has 0 aliphatic rings. The largest absolute Gasteiger partial charge is 0.497 e. The summed E-state index contributed by atoms with van der Waals surface area (Å²) < 4.78 is 10.8. The van der Waals surface area contributed by atoms with Gasteiger partial charge in [0.2, 0.25) is 5.91 Å². The zero-order chi connectivity index (χ0) is 14.3. The van der Waals surface area contributed by atoms with E-state index < -0.39 is 0 Å². The third-order valence-corrected chi connectivity index (χ3v) is 2.71. The van der Waals surface area contributed by atoms with Crippen LogP contribution >= 0.6 is 0 Å². The first kappa shape index (κ1) is 15.3. The fourth-order valence-electron chi connectivity index (χ4n) is 1.59. The lowest BCUT2D eigenvalue weighted by Gasteiger charge is -2.12. The average Bonchev–Trinajstić information content (AvgIpc) is 2.42. The van der Waals surface area contributed by atoms with Crippen molar-refractivity contribution in [3.63, 3.8) is 0 Å². The number of rotatable bonds is 7. The van der Waals surface area contributed by atoms with E-state index in [2.05, 4.69) is 0 Å². The number of benzene rings is 1. The van der Waals surface area contributed by atoms with E-state index in [0.717, 1.165) is 17.1 Å². The first-order chi connectivity index (χ1) is 9.06. The van der Waals surface area contributed by atoms with Gasteiger partial charge in [0.05, 0.1) is 13.7 Å². The first-order valence-electron chi connectivity index (χ1n) is 6.27. The number of nitrogens with zero attached hydrogens (tertiary/aromatic N) is 1. The summed E-state index contributed by atoms with van der Waals surface area (Å²) in [4.78, 5) is 13.0. The van der Waals surface area contributed by atoms with E-state index in [9.17, 15) is 4.79 Å². The van der Waals surface area contributed by atoms with E-state index in [-0.39, 0.29) is 5.91 Å². The number of carbonyl (C=O) groups excluding carboxylic acids is 1. The molecule has 19 heavy (non-hydrogen) atoms. The standard InChI is InChI=1S/C14H22N2O3/c1-16(2)14(17)5-4-6-19-13-8-11(10-15)7-12(9-13)18-3/h7-9H,4-6,10,15H2,1-3H3. The molecule has 0 bridgehead atoms. The Balaban J connectivity index is 2.46. The molecule has 0 heterocycles. The van der Waals surface area contributed by atoms with E-state index in [1.54, 1.807) is 26.1 Å².